The highest BCUT2D eigenvalue weighted by Crippen LogP contribution is 2.27. The molecule has 0 saturated carbocycles. The molecule has 0 aromatic carbocycles. The minimum absolute atomic E-state index is 0.0443. The summed E-state index contributed by atoms with van der Waals surface area (Å²) in [5, 5.41) is 7.08. The van der Waals surface area contributed by atoms with E-state index in [0.29, 0.717) is 12.0 Å². The highest BCUT2D eigenvalue weighted by atomic mass is 32.2. The molecule has 3 aliphatic heterocycles. The van der Waals surface area contributed by atoms with Crippen molar-refractivity contribution in [3.8, 4) is 0 Å². The smallest absolute Gasteiger partial charge is 0.244 e. The number of nitrogens with one attached hydrogen (secondary N) is 1. The van der Waals surface area contributed by atoms with Crippen LogP contribution in [0, 0.1) is 5.92 Å². The van der Waals surface area contributed by atoms with Crippen LogP contribution in [-0.2, 0) is 4.79 Å². The Balaban J connectivity index is 1.47. The molecule has 1 aromatic rings. The van der Waals surface area contributed by atoms with Gasteiger partial charge in [0, 0.05) is 18.7 Å². The lowest BCUT2D eigenvalue weighted by Crippen LogP contribution is -2.57. The van der Waals surface area contributed by atoms with E-state index in [1.807, 2.05) is 16.9 Å². The maximum absolute atomic E-state index is 11.9. The van der Waals surface area contributed by atoms with Gasteiger partial charge in [-0.3, -0.25) is 4.79 Å². The maximum atomic E-state index is 11.9. The molecule has 19 heavy (non-hydrogen) atoms. The Morgan fingerprint density at radius 3 is 2.95 bits per heavy atom. The average molecular weight is 294 g/mol. The van der Waals surface area contributed by atoms with E-state index in [1.54, 1.807) is 29.2 Å². The van der Waals surface area contributed by atoms with Gasteiger partial charge in [0.1, 0.15) is 0 Å². The molecule has 102 valence electrons. The van der Waals surface area contributed by atoms with Crippen molar-refractivity contribution in [2.45, 2.75) is 23.1 Å². The third-order valence-corrected chi connectivity index (χ3v) is 5.76. The fraction of sp³-hybridized carbons (Fsp3) is 0.500. The van der Waals surface area contributed by atoms with Crippen molar-refractivity contribution in [3.63, 3.8) is 0 Å². The Hall–Kier alpha value is -0.780. The van der Waals surface area contributed by atoms with Crippen molar-refractivity contribution >= 4 is 29.0 Å². The molecular formula is C14H18N2OS2. The van der Waals surface area contributed by atoms with E-state index < -0.39 is 0 Å². The lowest BCUT2D eigenvalue weighted by Gasteiger charge is -2.44. The summed E-state index contributed by atoms with van der Waals surface area (Å²) in [4.78, 5) is 14.3. The highest BCUT2D eigenvalue weighted by Gasteiger charge is 2.34. The van der Waals surface area contributed by atoms with E-state index in [-0.39, 0.29) is 5.91 Å². The molecule has 1 unspecified atom stereocenters. The third kappa shape index (κ3) is 3.41. The molecule has 1 aromatic heterocycles. The van der Waals surface area contributed by atoms with Gasteiger partial charge in [-0.25, -0.2) is 0 Å². The standard InChI is InChI=1S/C14H18N2OS2/c17-13(5-9-19-14-2-1-8-18-14)15-12-10-16-6-3-11(12)4-7-16/h1-2,5,8-9,11-12H,3-4,6-7,10H2,(H,15,17)/b9-5-. The fourth-order valence-corrected chi connectivity index (χ4v) is 4.34. The number of nitrogens with zero attached hydrogens (tertiary/aromatic N) is 1. The second kappa shape index (κ2) is 6.11. The Labute approximate surface area is 122 Å². The van der Waals surface area contributed by atoms with Gasteiger partial charge in [0.2, 0.25) is 5.91 Å². The van der Waals surface area contributed by atoms with Gasteiger partial charge in [-0.1, -0.05) is 17.8 Å². The van der Waals surface area contributed by atoms with Crippen LogP contribution >= 0.6 is 23.1 Å². The Bertz CT molecular complexity index is 450. The number of rotatable bonds is 4. The molecule has 1 amide bonds. The normalized spacial score (nSPS) is 29.8. The number of piperidine rings is 3. The number of carbonyl (C=O) groups excluding carboxylic acids is 1. The first-order valence-electron chi connectivity index (χ1n) is 6.71. The molecule has 1 atom stereocenters. The van der Waals surface area contributed by atoms with E-state index in [0.717, 1.165) is 6.54 Å². The van der Waals surface area contributed by atoms with Crippen LogP contribution in [0.5, 0.6) is 0 Å². The van der Waals surface area contributed by atoms with E-state index >= 15 is 0 Å². The predicted molar refractivity (Wildman–Crippen MR) is 80.4 cm³/mol. The molecule has 3 nitrogen and oxygen atoms in total. The summed E-state index contributed by atoms with van der Waals surface area (Å²) in [7, 11) is 0. The molecule has 4 rings (SSSR count). The van der Waals surface area contributed by atoms with Crippen molar-refractivity contribution in [1.29, 1.82) is 0 Å². The van der Waals surface area contributed by atoms with Gasteiger partial charge in [0.05, 0.1) is 4.21 Å². The predicted octanol–water partition coefficient (Wildman–Crippen LogP) is 2.56. The van der Waals surface area contributed by atoms with Crippen LogP contribution in [0.25, 0.3) is 0 Å². The van der Waals surface area contributed by atoms with Crippen LogP contribution in [0.4, 0.5) is 0 Å². The minimum atomic E-state index is 0.0443. The van der Waals surface area contributed by atoms with Gasteiger partial charge >= 0.3 is 0 Å². The molecule has 3 aliphatic rings. The number of amides is 1. The number of thiophene rings is 1. The first-order chi connectivity index (χ1) is 9.31. The topological polar surface area (TPSA) is 32.3 Å². The summed E-state index contributed by atoms with van der Waals surface area (Å²) in [5.41, 5.74) is 0. The number of hydrogen-bond acceptors (Lipinski definition) is 4. The van der Waals surface area contributed by atoms with Gasteiger partial charge in [-0.15, -0.1) is 11.3 Å². The van der Waals surface area contributed by atoms with Gasteiger partial charge in [0.15, 0.2) is 0 Å². The first-order valence-corrected chi connectivity index (χ1v) is 8.47. The molecule has 4 heterocycles. The second-order valence-electron chi connectivity index (χ2n) is 5.11. The highest BCUT2D eigenvalue weighted by molar-refractivity contribution is 8.03. The summed E-state index contributed by atoms with van der Waals surface area (Å²) >= 11 is 3.29. The lowest BCUT2D eigenvalue weighted by molar-refractivity contribution is -0.118. The lowest BCUT2D eigenvalue weighted by atomic mass is 9.84. The summed E-state index contributed by atoms with van der Waals surface area (Å²) in [6.45, 7) is 3.45. The van der Waals surface area contributed by atoms with Gasteiger partial charge < -0.3 is 10.2 Å². The van der Waals surface area contributed by atoms with Crippen molar-refractivity contribution < 1.29 is 4.79 Å². The zero-order valence-corrected chi connectivity index (χ0v) is 12.4. The molecule has 1 N–H and O–H groups in total. The molecule has 0 radical (unpaired) electrons. The fourth-order valence-electron chi connectivity index (χ4n) is 2.85. The summed E-state index contributed by atoms with van der Waals surface area (Å²) in [5.74, 6) is 0.732. The number of hydrogen-bond donors (Lipinski definition) is 1. The van der Waals surface area contributed by atoms with E-state index in [1.165, 1.54) is 30.1 Å². The number of thioether (sulfide) groups is 1. The first kappa shape index (κ1) is 13.2. The summed E-state index contributed by atoms with van der Waals surface area (Å²) < 4.78 is 1.21. The zero-order chi connectivity index (χ0) is 13.1. The van der Waals surface area contributed by atoms with Crippen LogP contribution in [-0.4, -0.2) is 36.5 Å². The molecular weight excluding hydrogens is 276 g/mol. The van der Waals surface area contributed by atoms with Gasteiger partial charge in [0.25, 0.3) is 0 Å². The Morgan fingerprint density at radius 2 is 2.32 bits per heavy atom. The van der Waals surface area contributed by atoms with Crippen molar-refractivity contribution in [2.24, 2.45) is 5.92 Å². The monoisotopic (exact) mass is 294 g/mol. The van der Waals surface area contributed by atoms with Crippen molar-refractivity contribution in [3.05, 3.63) is 29.0 Å². The quantitative estimate of drug-likeness (QED) is 0.684. The van der Waals surface area contributed by atoms with Crippen LogP contribution in [0.15, 0.2) is 33.2 Å². The van der Waals surface area contributed by atoms with Crippen molar-refractivity contribution in [2.75, 3.05) is 19.6 Å². The second-order valence-corrected chi connectivity index (χ2v) is 7.26. The number of carbonyl (C=O) groups is 1. The molecule has 0 spiro atoms. The van der Waals surface area contributed by atoms with Crippen LogP contribution in [0.2, 0.25) is 0 Å². The maximum Gasteiger partial charge on any atom is 0.244 e. The molecule has 3 saturated heterocycles. The SMILES string of the molecule is O=C(/C=C\Sc1cccs1)NC1CN2CCC1CC2. The molecule has 2 bridgehead atoms. The van der Waals surface area contributed by atoms with E-state index in [4.69, 9.17) is 0 Å². The average Bonchev–Trinajstić information content (AvgIpc) is 2.93. The van der Waals surface area contributed by atoms with Crippen LogP contribution < -0.4 is 5.32 Å². The van der Waals surface area contributed by atoms with Crippen molar-refractivity contribution in [1.82, 2.24) is 10.2 Å². The zero-order valence-electron chi connectivity index (χ0n) is 10.7. The Morgan fingerprint density at radius 1 is 1.47 bits per heavy atom. The third-order valence-electron chi connectivity index (χ3n) is 3.88. The molecule has 5 heteroatoms. The summed E-state index contributed by atoms with van der Waals surface area (Å²) in [6.07, 6.45) is 4.12. The molecule has 3 fully saturated rings. The van der Waals surface area contributed by atoms with Crippen LogP contribution in [0.1, 0.15) is 12.8 Å². The molecule has 0 aliphatic carbocycles. The summed E-state index contributed by atoms with van der Waals surface area (Å²) in [6, 6.07) is 4.44. The van der Waals surface area contributed by atoms with E-state index in [2.05, 4.69) is 16.3 Å². The van der Waals surface area contributed by atoms with Crippen LogP contribution in [0.3, 0.4) is 0 Å². The van der Waals surface area contributed by atoms with E-state index in [9.17, 15) is 4.79 Å². The number of fused-ring (bicyclic) bond motifs is 3. The van der Waals surface area contributed by atoms with Gasteiger partial charge in [-0.2, -0.15) is 0 Å². The largest absolute Gasteiger partial charge is 0.348 e. The minimum Gasteiger partial charge on any atom is -0.348 e. The Kier molecular flexibility index (Phi) is 4.25. The van der Waals surface area contributed by atoms with Gasteiger partial charge in [-0.05, 0) is 48.7 Å².